The topological polar surface area (TPSA) is 92.3 Å². The molecule has 4 rings (SSSR count). The van der Waals surface area contributed by atoms with Crippen molar-refractivity contribution in [2.24, 2.45) is 0 Å². The van der Waals surface area contributed by atoms with Crippen molar-refractivity contribution in [3.8, 4) is 22.9 Å². The summed E-state index contributed by atoms with van der Waals surface area (Å²) < 4.78 is 17.8. The molecule has 2 aromatic carbocycles. The van der Waals surface area contributed by atoms with Gasteiger partial charge in [-0.3, -0.25) is 0 Å². The Morgan fingerprint density at radius 3 is 2.56 bits per heavy atom. The molecule has 32 heavy (non-hydrogen) atoms. The molecule has 4 aromatic rings. The fourth-order valence-electron chi connectivity index (χ4n) is 3.13. The summed E-state index contributed by atoms with van der Waals surface area (Å²) in [7, 11) is 1.54. The predicted molar refractivity (Wildman–Crippen MR) is 118 cm³/mol. The van der Waals surface area contributed by atoms with Gasteiger partial charge in [-0.05, 0) is 51.1 Å². The van der Waals surface area contributed by atoms with Crippen LogP contribution in [0.4, 0.5) is 0 Å². The van der Waals surface area contributed by atoms with Crippen molar-refractivity contribution in [1.29, 1.82) is 0 Å². The Balaban J connectivity index is 1.48. The van der Waals surface area contributed by atoms with Crippen molar-refractivity contribution < 1.29 is 18.7 Å². The summed E-state index contributed by atoms with van der Waals surface area (Å²) in [6.45, 7) is 5.48. The first-order chi connectivity index (χ1) is 15.4. The number of aromatic nitrogens is 4. The lowest BCUT2D eigenvalue weighted by Gasteiger charge is -2.07. The number of nitrogens with zero attached hydrogens (tertiary/aromatic N) is 4. The third kappa shape index (κ3) is 4.22. The van der Waals surface area contributed by atoms with Crippen LogP contribution in [0.25, 0.3) is 17.1 Å². The van der Waals surface area contributed by atoms with Crippen molar-refractivity contribution in [1.82, 2.24) is 20.0 Å². The van der Waals surface area contributed by atoms with Crippen LogP contribution >= 0.6 is 11.6 Å². The Morgan fingerprint density at radius 1 is 1.12 bits per heavy atom. The summed E-state index contributed by atoms with van der Waals surface area (Å²) >= 11 is 6.19. The van der Waals surface area contributed by atoms with E-state index < -0.39 is 5.97 Å². The average molecular weight is 453 g/mol. The number of carbonyl (C=O) groups is 1. The van der Waals surface area contributed by atoms with Gasteiger partial charge in [0.15, 0.2) is 5.69 Å². The summed E-state index contributed by atoms with van der Waals surface area (Å²) in [4.78, 5) is 17.1. The van der Waals surface area contributed by atoms with Gasteiger partial charge < -0.3 is 13.9 Å². The average Bonchev–Trinajstić information content (AvgIpc) is 3.35. The molecule has 0 fully saturated rings. The van der Waals surface area contributed by atoms with Crippen LogP contribution in [0, 0.1) is 20.8 Å². The van der Waals surface area contributed by atoms with Crippen LogP contribution in [-0.4, -0.2) is 33.1 Å². The highest BCUT2D eigenvalue weighted by Crippen LogP contribution is 2.27. The van der Waals surface area contributed by atoms with E-state index in [1.807, 2.05) is 31.2 Å². The molecule has 0 bridgehead atoms. The van der Waals surface area contributed by atoms with Crippen molar-refractivity contribution >= 4 is 17.6 Å². The molecule has 0 N–H and O–H groups in total. The molecule has 8 nitrogen and oxygen atoms in total. The normalized spacial score (nSPS) is 10.9. The number of benzene rings is 2. The first kappa shape index (κ1) is 21.6. The molecule has 0 saturated heterocycles. The molecule has 0 saturated carbocycles. The third-order valence-corrected chi connectivity index (χ3v) is 5.29. The van der Waals surface area contributed by atoms with Gasteiger partial charge >= 0.3 is 5.97 Å². The summed E-state index contributed by atoms with van der Waals surface area (Å²) in [6, 6.07) is 13.0. The fourth-order valence-corrected chi connectivity index (χ4v) is 3.39. The van der Waals surface area contributed by atoms with Crippen LogP contribution < -0.4 is 4.74 Å². The molecule has 0 atom stereocenters. The summed E-state index contributed by atoms with van der Waals surface area (Å²) in [6.07, 6.45) is 0. The van der Waals surface area contributed by atoms with Gasteiger partial charge in [-0.25, -0.2) is 14.5 Å². The maximum Gasteiger partial charge on any atom is 0.361 e. The van der Waals surface area contributed by atoms with Crippen LogP contribution in [0.2, 0.25) is 5.02 Å². The molecule has 0 aliphatic carbocycles. The second kappa shape index (κ2) is 8.84. The lowest BCUT2D eigenvalue weighted by Crippen LogP contribution is -2.09. The Kier molecular flexibility index (Phi) is 5.96. The highest BCUT2D eigenvalue weighted by Gasteiger charge is 2.21. The minimum absolute atomic E-state index is 0.0410. The summed E-state index contributed by atoms with van der Waals surface area (Å²) in [5.41, 5.74) is 3.82. The number of methoxy groups -OCH3 is 1. The van der Waals surface area contributed by atoms with Crippen LogP contribution in [0.1, 0.15) is 33.2 Å². The highest BCUT2D eigenvalue weighted by molar-refractivity contribution is 6.32. The van der Waals surface area contributed by atoms with Gasteiger partial charge in [-0.15, -0.1) is 5.10 Å². The van der Waals surface area contributed by atoms with E-state index in [9.17, 15) is 4.79 Å². The standard InChI is InChI=1S/C23H21ClN4O4/c1-13-5-7-16(8-6-13)22-25-19(15(3)32-22)12-31-23(29)21-14(2)28(27-26-21)17-9-10-20(30-4)18(24)11-17/h5-11H,12H2,1-4H3. The van der Waals surface area contributed by atoms with E-state index in [2.05, 4.69) is 15.3 Å². The minimum Gasteiger partial charge on any atom is -0.495 e. The molecule has 2 aromatic heterocycles. The lowest BCUT2D eigenvalue weighted by molar-refractivity contribution is 0.0459. The van der Waals surface area contributed by atoms with Crippen LogP contribution in [0.5, 0.6) is 5.75 Å². The summed E-state index contributed by atoms with van der Waals surface area (Å²) in [5.74, 6) is 1.00. The van der Waals surface area contributed by atoms with Gasteiger partial charge in [0.05, 0.1) is 23.5 Å². The smallest absolute Gasteiger partial charge is 0.361 e. The molecular formula is C23H21ClN4O4. The van der Waals surface area contributed by atoms with Crippen LogP contribution in [0.3, 0.4) is 0 Å². The Morgan fingerprint density at radius 2 is 1.88 bits per heavy atom. The molecule has 0 aliphatic heterocycles. The molecule has 0 spiro atoms. The first-order valence-electron chi connectivity index (χ1n) is 9.84. The number of ether oxygens (including phenoxy) is 2. The van der Waals surface area contributed by atoms with Gasteiger partial charge in [0, 0.05) is 5.56 Å². The molecule has 0 radical (unpaired) electrons. The number of aryl methyl sites for hydroxylation is 2. The van der Waals surface area contributed by atoms with E-state index >= 15 is 0 Å². The van der Waals surface area contributed by atoms with E-state index in [0.717, 1.165) is 11.1 Å². The first-order valence-corrected chi connectivity index (χ1v) is 10.2. The number of rotatable bonds is 6. The highest BCUT2D eigenvalue weighted by atomic mass is 35.5. The number of esters is 1. The molecule has 9 heteroatoms. The molecule has 164 valence electrons. The van der Waals surface area contributed by atoms with Crippen LogP contribution in [0.15, 0.2) is 46.9 Å². The Labute approximate surface area is 189 Å². The second-order valence-electron chi connectivity index (χ2n) is 7.22. The monoisotopic (exact) mass is 452 g/mol. The molecule has 0 aliphatic rings. The number of hydrogen-bond donors (Lipinski definition) is 0. The van der Waals surface area contributed by atoms with Crippen molar-refractivity contribution in [3.63, 3.8) is 0 Å². The van der Waals surface area contributed by atoms with E-state index in [0.29, 0.717) is 39.5 Å². The number of carbonyl (C=O) groups excluding carboxylic acids is 1. The van der Waals surface area contributed by atoms with Gasteiger partial charge in [0.1, 0.15) is 23.8 Å². The predicted octanol–water partition coefficient (Wildman–Crippen LogP) is 4.87. The zero-order valence-electron chi connectivity index (χ0n) is 18.0. The largest absolute Gasteiger partial charge is 0.495 e. The molecule has 2 heterocycles. The zero-order chi connectivity index (χ0) is 22.8. The minimum atomic E-state index is -0.604. The van der Waals surface area contributed by atoms with Crippen molar-refractivity contribution in [2.75, 3.05) is 7.11 Å². The zero-order valence-corrected chi connectivity index (χ0v) is 18.8. The second-order valence-corrected chi connectivity index (χ2v) is 7.63. The van der Waals surface area contributed by atoms with Crippen molar-refractivity contribution in [3.05, 3.63) is 75.9 Å². The number of halogens is 1. The van der Waals surface area contributed by atoms with Gasteiger partial charge in [-0.1, -0.05) is 34.5 Å². The van der Waals surface area contributed by atoms with Crippen molar-refractivity contribution in [2.45, 2.75) is 27.4 Å². The van der Waals surface area contributed by atoms with E-state index in [4.69, 9.17) is 25.5 Å². The Hall–Kier alpha value is -3.65. The number of oxazole rings is 1. The van der Waals surface area contributed by atoms with Gasteiger partial charge in [0.2, 0.25) is 5.89 Å². The quantitative estimate of drug-likeness (QED) is 0.385. The van der Waals surface area contributed by atoms with Crippen LogP contribution in [-0.2, 0) is 11.3 Å². The van der Waals surface area contributed by atoms with E-state index in [-0.39, 0.29) is 12.3 Å². The SMILES string of the molecule is COc1ccc(-n2nnc(C(=O)OCc3nc(-c4ccc(C)cc4)oc3C)c2C)cc1Cl. The third-order valence-electron chi connectivity index (χ3n) is 5.00. The Bertz CT molecular complexity index is 1280. The maximum absolute atomic E-state index is 12.6. The molecule has 0 unspecified atom stereocenters. The maximum atomic E-state index is 12.6. The van der Waals surface area contributed by atoms with E-state index in [1.165, 1.54) is 11.8 Å². The number of hydrogen-bond acceptors (Lipinski definition) is 7. The van der Waals surface area contributed by atoms with Gasteiger partial charge in [0.25, 0.3) is 0 Å². The lowest BCUT2D eigenvalue weighted by atomic mass is 10.1. The molecule has 0 amide bonds. The molecular weight excluding hydrogens is 432 g/mol. The van der Waals surface area contributed by atoms with Gasteiger partial charge in [-0.2, -0.15) is 0 Å². The summed E-state index contributed by atoms with van der Waals surface area (Å²) in [5, 5.41) is 8.47. The fraction of sp³-hybridized carbons (Fsp3) is 0.217. The van der Waals surface area contributed by atoms with E-state index in [1.54, 1.807) is 32.0 Å².